The fourth-order valence-electron chi connectivity index (χ4n) is 0.0978. The summed E-state index contributed by atoms with van der Waals surface area (Å²) in [5.74, 6) is -0.845. The summed E-state index contributed by atoms with van der Waals surface area (Å²) < 4.78 is 10.4. The third-order valence-corrected chi connectivity index (χ3v) is 2.43. The average molecular weight is 138 g/mol. The largest absolute Gasteiger partial charge is 0.787 e. The summed E-state index contributed by atoms with van der Waals surface area (Å²) in [6.07, 6.45) is 0. The molecule has 0 radical (unpaired) electrons. The van der Waals surface area contributed by atoms with E-state index in [2.05, 4.69) is 0 Å². The molecule has 8 heavy (non-hydrogen) atoms. The van der Waals surface area contributed by atoms with E-state index < -0.39 is 13.2 Å². The quantitative estimate of drug-likeness (QED) is 0.425. The van der Waals surface area contributed by atoms with E-state index in [1.54, 1.807) is 0 Å². The molecule has 0 rings (SSSR count). The third kappa shape index (κ3) is 2.43. The van der Waals surface area contributed by atoms with Gasteiger partial charge in [0, 0.05) is 6.66 Å². The highest BCUT2D eigenvalue weighted by atomic mass is 31.2. The average Bonchev–Trinajstić information content (AvgIpc) is 1.62. The molecule has 0 aromatic rings. The summed E-state index contributed by atoms with van der Waals surface area (Å²) in [5.41, 5.74) is 1.44. The van der Waals surface area contributed by atoms with Crippen molar-refractivity contribution < 1.29 is 9.46 Å². The lowest BCUT2D eigenvalue weighted by molar-refractivity contribution is 0.467. The topological polar surface area (TPSA) is 72.4 Å². The normalized spacial score (nSPS) is 22.0. The van der Waals surface area contributed by atoms with Crippen LogP contribution in [0.1, 0.15) is 6.92 Å². The van der Waals surface area contributed by atoms with E-state index in [4.69, 9.17) is 4.89 Å². The third-order valence-electron chi connectivity index (χ3n) is 0.889. The van der Waals surface area contributed by atoms with Gasteiger partial charge in [0.05, 0.1) is 5.78 Å². The van der Waals surface area contributed by atoms with Crippen molar-refractivity contribution >= 4 is 7.37 Å². The molecule has 0 amide bonds. The molecule has 0 aromatic carbocycles. The summed E-state index contributed by atoms with van der Waals surface area (Å²) in [6, 6.07) is 0. The van der Waals surface area contributed by atoms with E-state index in [0.29, 0.717) is 0 Å². The Balaban J connectivity index is 3.82. The Morgan fingerprint density at radius 2 is 2.25 bits per heavy atom. The standard InChI is InChI=1S/C3H9NO3P/c1-3(4-5)8(2,6)7/h3-4H,1-2H3,(H,6,7)/q-1. The van der Waals surface area contributed by atoms with Crippen molar-refractivity contribution in [1.29, 1.82) is 0 Å². The zero-order valence-electron chi connectivity index (χ0n) is 4.79. The van der Waals surface area contributed by atoms with E-state index in [9.17, 15) is 9.77 Å². The molecule has 0 heterocycles. The SMILES string of the molecule is CC(N[O-])P(C)(=O)O. The highest BCUT2D eigenvalue weighted by Crippen LogP contribution is 2.39. The molecule has 2 atom stereocenters. The van der Waals surface area contributed by atoms with Gasteiger partial charge in [0.25, 0.3) is 0 Å². The summed E-state index contributed by atoms with van der Waals surface area (Å²) >= 11 is 0. The molecule has 0 aliphatic carbocycles. The summed E-state index contributed by atoms with van der Waals surface area (Å²) in [4.78, 5) is 8.58. The van der Waals surface area contributed by atoms with Gasteiger partial charge in [-0.25, -0.2) is 0 Å². The Morgan fingerprint density at radius 1 is 1.88 bits per heavy atom. The fourth-order valence-corrected chi connectivity index (χ4v) is 0.293. The van der Waals surface area contributed by atoms with Crippen molar-refractivity contribution in [2.45, 2.75) is 12.7 Å². The molecule has 0 bridgehead atoms. The Labute approximate surface area is 47.9 Å². The predicted molar refractivity (Wildman–Crippen MR) is 31.7 cm³/mol. The molecular weight excluding hydrogens is 129 g/mol. The minimum Gasteiger partial charge on any atom is -0.787 e. The van der Waals surface area contributed by atoms with Crippen molar-refractivity contribution in [3.8, 4) is 0 Å². The maximum absolute atomic E-state index is 10.4. The number of rotatable bonds is 2. The maximum atomic E-state index is 10.4. The zero-order valence-corrected chi connectivity index (χ0v) is 5.68. The molecule has 0 spiro atoms. The van der Waals surface area contributed by atoms with Crippen LogP contribution in [0.2, 0.25) is 0 Å². The lowest BCUT2D eigenvalue weighted by Gasteiger charge is -2.19. The van der Waals surface area contributed by atoms with Gasteiger partial charge in [0.2, 0.25) is 7.37 Å². The molecule has 5 heteroatoms. The lowest BCUT2D eigenvalue weighted by atomic mass is 10.8. The molecule has 0 fully saturated rings. The maximum Gasteiger partial charge on any atom is 0.212 e. The zero-order chi connectivity index (χ0) is 6.78. The van der Waals surface area contributed by atoms with Crippen LogP contribution in [0.25, 0.3) is 0 Å². The first-order chi connectivity index (χ1) is 3.48. The molecule has 4 nitrogen and oxygen atoms in total. The van der Waals surface area contributed by atoms with Crippen LogP contribution in [0.5, 0.6) is 0 Å². The van der Waals surface area contributed by atoms with Gasteiger partial charge in [-0.3, -0.25) is 4.57 Å². The van der Waals surface area contributed by atoms with Gasteiger partial charge in [-0.2, -0.15) is 0 Å². The van der Waals surface area contributed by atoms with Crippen LogP contribution >= 0.6 is 7.37 Å². The Hall–Kier alpha value is 0.110. The van der Waals surface area contributed by atoms with Crippen LogP contribution in [0.4, 0.5) is 0 Å². The molecule has 0 saturated carbocycles. The van der Waals surface area contributed by atoms with Gasteiger partial charge >= 0.3 is 0 Å². The Kier molecular flexibility index (Phi) is 2.63. The van der Waals surface area contributed by atoms with Crippen molar-refractivity contribution in [3.05, 3.63) is 5.21 Å². The van der Waals surface area contributed by atoms with Crippen LogP contribution < -0.4 is 5.48 Å². The number of hydrogen-bond donors (Lipinski definition) is 2. The summed E-state index contributed by atoms with van der Waals surface area (Å²) in [5, 5.41) is 9.69. The second-order valence-electron chi connectivity index (χ2n) is 1.74. The summed E-state index contributed by atoms with van der Waals surface area (Å²) in [6.45, 7) is 2.51. The number of hydroxylamine groups is 1. The fraction of sp³-hybridized carbons (Fsp3) is 1.00. The monoisotopic (exact) mass is 138 g/mol. The minimum atomic E-state index is -3.18. The van der Waals surface area contributed by atoms with Gasteiger partial charge in [0.15, 0.2) is 0 Å². The van der Waals surface area contributed by atoms with Crippen molar-refractivity contribution in [2.24, 2.45) is 0 Å². The van der Waals surface area contributed by atoms with Crippen molar-refractivity contribution in [3.63, 3.8) is 0 Å². The molecule has 50 valence electrons. The van der Waals surface area contributed by atoms with Crippen LogP contribution in [-0.4, -0.2) is 17.3 Å². The first-order valence-corrected chi connectivity index (χ1v) is 4.33. The van der Waals surface area contributed by atoms with E-state index in [1.807, 2.05) is 0 Å². The van der Waals surface area contributed by atoms with E-state index in [1.165, 1.54) is 12.4 Å². The van der Waals surface area contributed by atoms with E-state index >= 15 is 0 Å². The second-order valence-corrected chi connectivity index (χ2v) is 4.40. The van der Waals surface area contributed by atoms with Crippen LogP contribution in [0.15, 0.2) is 0 Å². The molecule has 0 aliphatic rings. The van der Waals surface area contributed by atoms with Crippen molar-refractivity contribution in [2.75, 3.05) is 6.66 Å². The second kappa shape index (κ2) is 2.60. The molecule has 2 unspecified atom stereocenters. The molecular formula is C3H9NO3P-. The highest BCUT2D eigenvalue weighted by Gasteiger charge is 2.15. The number of nitrogens with one attached hydrogen (secondary N) is 1. The number of hydrogen-bond acceptors (Lipinski definition) is 3. The first-order valence-electron chi connectivity index (χ1n) is 2.16. The molecule has 0 aromatic heterocycles. The van der Waals surface area contributed by atoms with Crippen LogP contribution in [-0.2, 0) is 4.57 Å². The Bertz CT molecular complexity index is 109. The minimum absolute atomic E-state index is 0.845. The van der Waals surface area contributed by atoms with Gasteiger partial charge in [-0.15, -0.1) is 0 Å². The van der Waals surface area contributed by atoms with E-state index in [-0.39, 0.29) is 0 Å². The lowest BCUT2D eigenvalue weighted by Crippen LogP contribution is -2.18. The summed E-state index contributed by atoms with van der Waals surface area (Å²) in [7, 11) is -3.18. The van der Waals surface area contributed by atoms with Gasteiger partial charge in [-0.1, -0.05) is 0 Å². The van der Waals surface area contributed by atoms with Crippen LogP contribution in [0, 0.1) is 5.21 Å². The Morgan fingerprint density at radius 3 is 2.25 bits per heavy atom. The molecule has 0 saturated heterocycles. The highest BCUT2D eigenvalue weighted by molar-refractivity contribution is 7.57. The van der Waals surface area contributed by atoms with Gasteiger partial charge in [0.1, 0.15) is 0 Å². The van der Waals surface area contributed by atoms with Crippen LogP contribution in [0.3, 0.4) is 0 Å². The van der Waals surface area contributed by atoms with Crippen molar-refractivity contribution in [1.82, 2.24) is 5.48 Å². The smallest absolute Gasteiger partial charge is 0.212 e. The molecule has 2 N–H and O–H groups in total. The van der Waals surface area contributed by atoms with Gasteiger partial charge < -0.3 is 15.6 Å². The van der Waals surface area contributed by atoms with E-state index in [0.717, 1.165) is 6.66 Å². The van der Waals surface area contributed by atoms with Gasteiger partial charge in [-0.05, 0) is 6.92 Å². The first kappa shape index (κ1) is 8.11. The molecule has 0 aliphatic heterocycles. The predicted octanol–water partition coefficient (Wildman–Crippen LogP) is 0.320.